The van der Waals surface area contributed by atoms with E-state index in [1.54, 1.807) is 0 Å². The molecular formula is C16H30N2OS. The number of thioether (sulfide) groups is 1. The third-order valence-corrected chi connectivity index (χ3v) is 6.21. The summed E-state index contributed by atoms with van der Waals surface area (Å²) < 4.78 is 0. The molecule has 1 saturated carbocycles. The Bertz CT molecular complexity index is 336. The molecule has 1 saturated heterocycles. The molecule has 2 aliphatic rings. The topological polar surface area (TPSA) is 32.3 Å². The number of carbonyl (C=O) groups is 1. The third-order valence-electron chi connectivity index (χ3n) is 4.98. The van der Waals surface area contributed by atoms with Crippen molar-refractivity contribution in [3.05, 3.63) is 0 Å². The summed E-state index contributed by atoms with van der Waals surface area (Å²) in [7, 11) is 0. The molecule has 3 nitrogen and oxygen atoms in total. The molecule has 20 heavy (non-hydrogen) atoms. The zero-order valence-corrected chi connectivity index (χ0v) is 14.2. The van der Waals surface area contributed by atoms with Crippen LogP contribution in [0, 0.1) is 5.92 Å². The molecule has 1 aliphatic heterocycles. The number of amides is 1. The first-order valence-corrected chi connectivity index (χ1v) is 9.36. The highest BCUT2D eigenvalue weighted by Crippen LogP contribution is 2.36. The minimum atomic E-state index is 0.0443. The van der Waals surface area contributed by atoms with Crippen LogP contribution >= 0.6 is 11.8 Å². The first kappa shape index (κ1) is 16.2. The fraction of sp³-hybridized carbons (Fsp3) is 0.938. The van der Waals surface area contributed by atoms with E-state index in [9.17, 15) is 4.79 Å². The van der Waals surface area contributed by atoms with Crippen LogP contribution in [-0.4, -0.2) is 40.1 Å². The quantitative estimate of drug-likeness (QED) is 0.817. The first-order valence-electron chi connectivity index (χ1n) is 8.32. The van der Waals surface area contributed by atoms with Crippen LogP contribution < -0.4 is 5.32 Å². The van der Waals surface area contributed by atoms with Crippen LogP contribution in [0.3, 0.4) is 0 Å². The van der Waals surface area contributed by atoms with Gasteiger partial charge in [0, 0.05) is 11.3 Å². The normalized spacial score (nSPS) is 35.8. The molecule has 0 radical (unpaired) electrons. The second-order valence-corrected chi connectivity index (χ2v) is 7.82. The summed E-state index contributed by atoms with van der Waals surface area (Å²) in [6.07, 6.45) is 5.99. The van der Waals surface area contributed by atoms with Crippen LogP contribution in [0.1, 0.15) is 59.8 Å². The van der Waals surface area contributed by atoms with Gasteiger partial charge in [0.25, 0.3) is 0 Å². The van der Waals surface area contributed by atoms with Crippen molar-refractivity contribution in [3.63, 3.8) is 0 Å². The molecule has 0 spiro atoms. The lowest BCUT2D eigenvalue weighted by atomic mass is 9.99. The van der Waals surface area contributed by atoms with Crippen LogP contribution in [-0.2, 0) is 4.79 Å². The number of carbonyl (C=O) groups excluding carboxylic acids is 1. The van der Waals surface area contributed by atoms with Crippen molar-refractivity contribution in [1.29, 1.82) is 0 Å². The van der Waals surface area contributed by atoms with E-state index in [1.165, 1.54) is 25.0 Å². The summed E-state index contributed by atoms with van der Waals surface area (Å²) in [4.78, 5) is 15.0. The van der Waals surface area contributed by atoms with Crippen molar-refractivity contribution in [2.45, 2.75) is 83.3 Å². The average molecular weight is 298 g/mol. The van der Waals surface area contributed by atoms with Gasteiger partial charge in [-0.1, -0.05) is 34.1 Å². The van der Waals surface area contributed by atoms with Gasteiger partial charge in [0.05, 0.1) is 12.2 Å². The molecule has 0 aromatic carbocycles. The standard InChI is InChI=1S/C16H30N2OS/c1-5-11(4)15-16(19)18(14(6-2)17-15)12-8-9-13(10-12)20-7-3/h11-15,17H,5-10H2,1-4H3. The number of hydrogen-bond acceptors (Lipinski definition) is 3. The molecule has 1 N–H and O–H groups in total. The van der Waals surface area contributed by atoms with Crippen molar-refractivity contribution in [1.82, 2.24) is 10.2 Å². The van der Waals surface area contributed by atoms with E-state index >= 15 is 0 Å². The molecule has 0 aromatic heterocycles. The molecule has 0 aromatic rings. The molecule has 1 aliphatic carbocycles. The van der Waals surface area contributed by atoms with Gasteiger partial charge in [0.15, 0.2) is 0 Å². The maximum Gasteiger partial charge on any atom is 0.241 e. The van der Waals surface area contributed by atoms with Gasteiger partial charge in [0.1, 0.15) is 0 Å². The zero-order chi connectivity index (χ0) is 14.7. The Hall–Kier alpha value is -0.220. The Morgan fingerprint density at radius 1 is 1.35 bits per heavy atom. The molecule has 5 atom stereocenters. The summed E-state index contributed by atoms with van der Waals surface area (Å²) in [5, 5.41) is 4.35. The van der Waals surface area contributed by atoms with Crippen molar-refractivity contribution >= 4 is 17.7 Å². The summed E-state index contributed by atoms with van der Waals surface area (Å²) in [6, 6.07) is 0.515. The average Bonchev–Trinajstić information content (AvgIpc) is 3.02. The van der Waals surface area contributed by atoms with E-state index in [2.05, 4.69) is 49.7 Å². The predicted octanol–water partition coefficient (Wildman–Crippen LogP) is 3.24. The molecule has 1 amide bonds. The smallest absolute Gasteiger partial charge is 0.241 e. The fourth-order valence-electron chi connectivity index (χ4n) is 3.62. The van der Waals surface area contributed by atoms with Crippen LogP contribution in [0.2, 0.25) is 0 Å². The van der Waals surface area contributed by atoms with Gasteiger partial charge < -0.3 is 4.90 Å². The van der Waals surface area contributed by atoms with Gasteiger partial charge in [-0.05, 0) is 37.4 Å². The summed E-state index contributed by atoms with van der Waals surface area (Å²) >= 11 is 2.06. The second-order valence-electron chi connectivity index (χ2n) is 6.24. The van der Waals surface area contributed by atoms with Gasteiger partial charge in [-0.15, -0.1) is 0 Å². The Labute approximate surface area is 128 Å². The Balaban J connectivity index is 2.04. The summed E-state index contributed by atoms with van der Waals surface area (Å²) in [5.74, 6) is 1.98. The van der Waals surface area contributed by atoms with Gasteiger partial charge in [-0.2, -0.15) is 11.8 Å². The largest absolute Gasteiger partial charge is 0.323 e. The lowest BCUT2D eigenvalue weighted by Gasteiger charge is -2.29. The van der Waals surface area contributed by atoms with E-state index in [0.717, 1.165) is 18.1 Å². The van der Waals surface area contributed by atoms with Crippen molar-refractivity contribution in [3.8, 4) is 0 Å². The van der Waals surface area contributed by atoms with Gasteiger partial charge in [-0.25, -0.2) is 0 Å². The monoisotopic (exact) mass is 298 g/mol. The molecule has 1 heterocycles. The molecule has 5 unspecified atom stereocenters. The van der Waals surface area contributed by atoms with Gasteiger partial charge >= 0.3 is 0 Å². The van der Waals surface area contributed by atoms with Crippen molar-refractivity contribution in [2.24, 2.45) is 5.92 Å². The van der Waals surface area contributed by atoms with Gasteiger partial charge in [-0.3, -0.25) is 10.1 Å². The lowest BCUT2D eigenvalue weighted by Crippen LogP contribution is -2.43. The van der Waals surface area contributed by atoms with Crippen molar-refractivity contribution < 1.29 is 4.79 Å². The molecule has 4 heteroatoms. The maximum absolute atomic E-state index is 12.8. The third kappa shape index (κ3) is 3.16. The minimum absolute atomic E-state index is 0.0443. The Morgan fingerprint density at radius 3 is 2.70 bits per heavy atom. The predicted molar refractivity (Wildman–Crippen MR) is 86.9 cm³/mol. The maximum atomic E-state index is 12.8. The van der Waals surface area contributed by atoms with Crippen LogP contribution in [0.25, 0.3) is 0 Å². The Morgan fingerprint density at radius 2 is 2.10 bits per heavy atom. The number of nitrogens with one attached hydrogen (secondary N) is 1. The van der Waals surface area contributed by atoms with E-state index in [1.807, 2.05) is 0 Å². The highest BCUT2D eigenvalue weighted by Gasteiger charge is 2.45. The first-order chi connectivity index (χ1) is 9.62. The van der Waals surface area contributed by atoms with Crippen molar-refractivity contribution in [2.75, 3.05) is 5.75 Å². The number of rotatable bonds is 6. The number of hydrogen-bond donors (Lipinski definition) is 1. The lowest BCUT2D eigenvalue weighted by molar-refractivity contribution is -0.133. The molecule has 2 rings (SSSR count). The fourth-order valence-corrected chi connectivity index (χ4v) is 4.75. The van der Waals surface area contributed by atoms with E-state index in [4.69, 9.17) is 0 Å². The highest BCUT2D eigenvalue weighted by atomic mass is 32.2. The van der Waals surface area contributed by atoms with Crippen LogP contribution in [0.15, 0.2) is 0 Å². The minimum Gasteiger partial charge on any atom is -0.323 e. The Kier molecular flexibility index (Phi) is 5.79. The van der Waals surface area contributed by atoms with Gasteiger partial charge in [0.2, 0.25) is 5.91 Å². The molecule has 116 valence electrons. The summed E-state index contributed by atoms with van der Waals surface area (Å²) in [5.41, 5.74) is 0. The van der Waals surface area contributed by atoms with E-state index in [-0.39, 0.29) is 12.2 Å². The van der Waals surface area contributed by atoms with E-state index < -0.39 is 0 Å². The zero-order valence-electron chi connectivity index (χ0n) is 13.4. The van der Waals surface area contributed by atoms with Crippen LogP contribution in [0.4, 0.5) is 0 Å². The second kappa shape index (κ2) is 7.17. The summed E-state index contributed by atoms with van der Waals surface area (Å²) in [6.45, 7) is 8.78. The number of nitrogens with zero attached hydrogens (tertiary/aromatic N) is 1. The molecule has 2 fully saturated rings. The van der Waals surface area contributed by atoms with Crippen LogP contribution in [0.5, 0.6) is 0 Å². The highest BCUT2D eigenvalue weighted by molar-refractivity contribution is 7.99. The molecular weight excluding hydrogens is 268 g/mol. The van der Waals surface area contributed by atoms with E-state index in [0.29, 0.717) is 17.9 Å². The molecule has 0 bridgehead atoms. The SMILES string of the molecule is CCSC1CCC(N2C(=O)C(C(C)CC)NC2CC)C1.